The summed E-state index contributed by atoms with van der Waals surface area (Å²) in [7, 11) is 1.82. The number of H-pyrrole nitrogens is 1. The number of hydrogen-bond donors (Lipinski definition) is 1. The van der Waals surface area contributed by atoms with Gasteiger partial charge < -0.3 is 14.8 Å². The van der Waals surface area contributed by atoms with Crippen LogP contribution in [-0.4, -0.2) is 53.9 Å². The second kappa shape index (κ2) is 7.09. The highest BCUT2D eigenvalue weighted by Crippen LogP contribution is 2.19. The first-order chi connectivity index (χ1) is 10.3. The quantitative estimate of drug-likeness (QED) is 0.901. The Balaban J connectivity index is 1.93. The number of amides is 1. The molecule has 0 radical (unpaired) electrons. The van der Waals surface area contributed by atoms with Crippen LogP contribution in [0.5, 0.6) is 0 Å². The number of likely N-dealkylation sites (tertiary alicyclic amines) is 1. The smallest absolute Gasteiger partial charge is 0.253 e. The van der Waals surface area contributed by atoms with E-state index in [1.165, 1.54) is 6.07 Å². The number of carbonyl (C=O) groups is 1. The summed E-state index contributed by atoms with van der Waals surface area (Å²) >= 11 is 0. The average molecular weight is 305 g/mol. The van der Waals surface area contributed by atoms with E-state index in [2.05, 4.69) is 23.7 Å². The number of aromatic nitrogens is 1. The number of pyridine rings is 1. The first-order valence-corrected chi connectivity index (χ1v) is 8.04. The van der Waals surface area contributed by atoms with Crippen LogP contribution in [-0.2, 0) is 0 Å². The van der Waals surface area contributed by atoms with Crippen LogP contribution in [0.25, 0.3) is 0 Å². The van der Waals surface area contributed by atoms with Crippen LogP contribution in [0.3, 0.4) is 0 Å². The van der Waals surface area contributed by atoms with E-state index >= 15 is 0 Å². The van der Waals surface area contributed by atoms with Gasteiger partial charge in [0.15, 0.2) is 0 Å². The predicted molar refractivity (Wildman–Crippen MR) is 88.1 cm³/mol. The Bertz CT molecular complexity index is 580. The number of nitrogens with zero attached hydrogens (tertiary/aromatic N) is 2. The Labute approximate surface area is 132 Å². The molecule has 0 aromatic carbocycles. The van der Waals surface area contributed by atoms with Crippen molar-refractivity contribution in [1.29, 1.82) is 0 Å². The maximum atomic E-state index is 12.5. The number of nitrogens with one attached hydrogen (secondary N) is 1. The van der Waals surface area contributed by atoms with E-state index in [1.807, 2.05) is 7.05 Å². The summed E-state index contributed by atoms with van der Waals surface area (Å²) in [6.45, 7) is 10.3. The summed E-state index contributed by atoms with van der Waals surface area (Å²) < 4.78 is 0. The predicted octanol–water partition coefficient (Wildman–Crippen LogP) is 1.73. The maximum Gasteiger partial charge on any atom is 0.253 e. The largest absolute Gasteiger partial charge is 0.341 e. The zero-order valence-electron chi connectivity index (χ0n) is 14.1. The topological polar surface area (TPSA) is 56.4 Å². The summed E-state index contributed by atoms with van der Waals surface area (Å²) in [5, 5.41) is 0. The Kier molecular flexibility index (Phi) is 5.40. The van der Waals surface area contributed by atoms with Crippen molar-refractivity contribution < 1.29 is 4.79 Å². The van der Waals surface area contributed by atoms with Crippen LogP contribution >= 0.6 is 0 Å². The molecule has 0 bridgehead atoms. The van der Waals surface area contributed by atoms with E-state index in [0.29, 0.717) is 23.1 Å². The molecule has 1 aromatic heterocycles. The van der Waals surface area contributed by atoms with Crippen molar-refractivity contribution in [2.75, 3.05) is 33.2 Å². The standard InChI is InChI=1S/C17H27N3O2/c1-12(2)9-20-6-5-14(11-20)10-19(4)17(22)15-7-13(3)18-16(21)8-15/h7-8,12,14H,5-6,9-11H2,1-4H3,(H,18,21)/t14-/m0/s1. The van der Waals surface area contributed by atoms with Crippen molar-refractivity contribution in [1.82, 2.24) is 14.8 Å². The normalized spacial score (nSPS) is 18.9. The Hall–Kier alpha value is -1.62. The van der Waals surface area contributed by atoms with E-state index < -0.39 is 0 Å². The second-order valence-electron chi connectivity index (χ2n) is 6.91. The Morgan fingerprint density at radius 2 is 2.18 bits per heavy atom. The molecule has 1 N–H and O–H groups in total. The fourth-order valence-corrected chi connectivity index (χ4v) is 3.24. The van der Waals surface area contributed by atoms with Crippen molar-refractivity contribution in [3.05, 3.63) is 33.7 Å². The van der Waals surface area contributed by atoms with Crippen molar-refractivity contribution in [3.63, 3.8) is 0 Å². The minimum absolute atomic E-state index is 0.0727. The molecule has 0 saturated carbocycles. The Morgan fingerprint density at radius 3 is 2.82 bits per heavy atom. The number of aryl methyl sites for hydroxylation is 1. The van der Waals surface area contributed by atoms with E-state index in [0.717, 1.165) is 32.6 Å². The monoisotopic (exact) mass is 305 g/mol. The van der Waals surface area contributed by atoms with Gasteiger partial charge >= 0.3 is 0 Å². The third kappa shape index (κ3) is 4.44. The first-order valence-electron chi connectivity index (χ1n) is 8.04. The zero-order valence-corrected chi connectivity index (χ0v) is 14.1. The SMILES string of the molecule is Cc1cc(C(=O)N(C)C[C@@H]2CCN(CC(C)C)C2)cc(=O)[nH]1. The molecule has 5 nitrogen and oxygen atoms in total. The lowest BCUT2D eigenvalue weighted by Gasteiger charge is -2.22. The molecule has 1 saturated heterocycles. The minimum Gasteiger partial charge on any atom is -0.341 e. The lowest BCUT2D eigenvalue weighted by molar-refractivity contribution is 0.0772. The van der Waals surface area contributed by atoms with E-state index in [4.69, 9.17) is 0 Å². The molecule has 2 rings (SSSR count). The van der Waals surface area contributed by atoms with Gasteiger partial charge in [-0.05, 0) is 37.8 Å². The van der Waals surface area contributed by atoms with E-state index in [1.54, 1.807) is 17.9 Å². The average Bonchev–Trinajstić information content (AvgIpc) is 2.82. The van der Waals surface area contributed by atoms with Gasteiger partial charge in [-0.3, -0.25) is 9.59 Å². The third-order valence-corrected chi connectivity index (χ3v) is 4.10. The van der Waals surface area contributed by atoms with Gasteiger partial charge in [-0.25, -0.2) is 0 Å². The van der Waals surface area contributed by atoms with Gasteiger partial charge in [0.25, 0.3) is 5.91 Å². The first kappa shape index (κ1) is 16.7. The maximum absolute atomic E-state index is 12.5. The highest BCUT2D eigenvalue weighted by molar-refractivity contribution is 5.94. The molecule has 5 heteroatoms. The summed E-state index contributed by atoms with van der Waals surface area (Å²) in [6.07, 6.45) is 1.14. The molecule has 0 unspecified atom stereocenters. The minimum atomic E-state index is -0.222. The fourth-order valence-electron chi connectivity index (χ4n) is 3.24. The van der Waals surface area contributed by atoms with Crippen LogP contribution in [0.15, 0.2) is 16.9 Å². The lowest BCUT2D eigenvalue weighted by Crippen LogP contribution is -2.34. The summed E-state index contributed by atoms with van der Waals surface area (Å²) in [5.41, 5.74) is 0.967. The molecule has 1 fully saturated rings. The van der Waals surface area contributed by atoms with Gasteiger partial charge in [-0.2, -0.15) is 0 Å². The number of aromatic amines is 1. The summed E-state index contributed by atoms with van der Waals surface area (Å²) in [5.74, 6) is 1.13. The van der Waals surface area contributed by atoms with Gasteiger partial charge in [0.05, 0.1) is 0 Å². The third-order valence-electron chi connectivity index (χ3n) is 4.10. The van der Waals surface area contributed by atoms with Crippen LogP contribution in [0.1, 0.15) is 36.3 Å². The lowest BCUT2D eigenvalue weighted by atomic mass is 10.1. The molecule has 122 valence electrons. The number of rotatable bonds is 5. The van der Waals surface area contributed by atoms with Gasteiger partial charge in [0.1, 0.15) is 0 Å². The molecule has 1 aliphatic rings. The summed E-state index contributed by atoms with van der Waals surface area (Å²) in [4.78, 5) is 30.8. The molecule has 2 heterocycles. The van der Waals surface area contributed by atoms with Crippen LogP contribution in [0.2, 0.25) is 0 Å². The number of carbonyl (C=O) groups excluding carboxylic acids is 1. The molecular formula is C17H27N3O2. The highest BCUT2D eigenvalue weighted by atomic mass is 16.2. The molecular weight excluding hydrogens is 278 g/mol. The van der Waals surface area contributed by atoms with Gasteiger partial charge in [-0.15, -0.1) is 0 Å². The van der Waals surface area contributed by atoms with Gasteiger partial charge in [0, 0.05) is 44.0 Å². The van der Waals surface area contributed by atoms with E-state index in [-0.39, 0.29) is 11.5 Å². The second-order valence-corrected chi connectivity index (χ2v) is 6.91. The summed E-state index contributed by atoms with van der Waals surface area (Å²) in [6, 6.07) is 3.12. The molecule has 1 aliphatic heterocycles. The molecule has 1 amide bonds. The Morgan fingerprint density at radius 1 is 1.45 bits per heavy atom. The molecule has 22 heavy (non-hydrogen) atoms. The molecule has 0 aliphatic carbocycles. The molecule has 1 atom stereocenters. The van der Waals surface area contributed by atoms with Crippen LogP contribution < -0.4 is 5.56 Å². The molecule has 1 aromatic rings. The zero-order chi connectivity index (χ0) is 16.3. The van der Waals surface area contributed by atoms with Gasteiger partial charge in [-0.1, -0.05) is 13.8 Å². The van der Waals surface area contributed by atoms with Crippen LogP contribution in [0.4, 0.5) is 0 Å². The van der Waals surface area contributed by atoms with Crippen molar-refractivity contribution in [2.24, 2.45) is 11.8 Å². The van der Waals surface area contributed by atoms with Crippen molar-refractivity contribution in [2.45, 2.75) is 27.2 Å². The van der Waals surface area contributed by atoms with Crippen molar-refractivity contribution in [3.8, 4) is 0 Å². The van der Waals surface area contributed by atoms with Crippen molar-refractivity contribution >= 4 is 5.91 Å². The number of hydrogen-bond acceptors (Lipinski definition) is 3. The molecule has 0 spiro atoms. The van der Waals surface area contributed by atoms with E-state index in [9.17, 15) is 9.59 Å². The fraction of sp³-hybridized carbons (Fsp3) is 0.647. The van der Waals surface area contributed by atoms with Crippen LogP contribution in [0, 0.1) is 18.8 Å². The highest BCUT2D eigenvalue weighted by Gasteiger charge is 2.25. The van der Waals surface area contributed by atoms with Gasteiger partial charge in [0.2, 0.25) is 5.56 Å².